The Morgan fingerprint density at radius 3 is 2.08 bits per heavy atom. The van der Waals surface area contributed by atoms with Gasteiger partial charge in [0.2, 0.25) is 0 Å². The largest absolute Gasteiger partial charge is 0.0991 e. The first-order chi connectivity index (χ1) is 12.2. The maximum absolute atomic E-state index is 3.80. The zero-order chi connectivity index (χ0) is 19.7. The van der Waals surface area contributed by atoms with Crippen molar-refractivity contribution in [1.82, 2.24) is 0 Å². The summed E-state index contributed by atoms with van der Waals surface area (Å²) < 4.78 is 0. The molecule has 0 N–H and O–H groups in total. The maximum Gasteiger partial charge on any atom is -0.0179 e. The molecule has 0 bridgehead atoms. The summed E-state index contributed by atoms with van der Waals surface area (Å²) in [7, 11) is 0. The lowest BCUT2D eigenvalue weighted by atomic mass is 9.96. The molecule has 0 heteroatoms. The first-order valence-electron chi connectivity index (χ1n) is 9.19. The minimum absolute atomic E-state index is 1.12. The molecule has 0 atom stereocenters. The predicted octanol–water partition coefficient (Wildman–Crippen LogP) is 8.42. The highest BCUT2D eigenvalue weighted by molar-refractivity contribution is 5.79. The van der Waals surface area contributed by atoms with Crippen LogP contribution in [0, 0.1) is 0 Å². The Morgan fingerprint density at radius 2 is 1.60 bits per heavy atom. The molecule has 1 aromatic rings. The molecule has 0 saturated heterocycles. The Balaban J connectivity index is 0. The Hall–Kier alpha value is -2.34. The second kappa shape index (κ2) is 16.5. The molecule has 1 aromatic carbocycles. The summed E-state index contributed by atoms with van der Waals surface area (Å²) in [6, 6.07) is 8.53. The van der Waals surface area contributed by atoms with E-state index in [-0.39, 0.29) is 0 Å². The number of hydrogen-bond donors (Lipinski definition) is 0. The van der Waals surface area contributed by atoms with Crippen molar-refractivity contribution in [2.45, 2.75) is 48.5 Å². The first-order valence-corrected chi connectivity index (χ1v) is 9.19. The van der Waals surface area contributed by atoms with E-state index in [4.69, 9.17) is 0 Å². The van der Waals surface area contributed by atoms with E-state index in [9.17, 15) is 0 Å². The molecule has 0 aliphatic carbocycles. The highest BCUT2D eigenvalue weighted by atomic mass is 14.1. The van der Waals surface area contributed by atoms with E-state index >= 15 is 0 Å². The van der Waals surface area contributed by atoms with Gasteiger partial charge in [-0.25, -0.2) is 0 Å². The molecule has 0 aromatic heterocycles. The van der Waals surface area contributed by atoms with Gasteiger partial charge in [0, 0.05) is 0 Å². The topological polar surface area (TPSA) is 0 Å². The van der Waals surface area contributed by atoms with Gasteiger partial charge in [0.1, 0.15) is 0 Å². The van der Waals surface area contributed by atoms with Crippen LogP contribution in [0.5, 0.6) is 0 Å². The fourth-order valence-electron chi connectivity index (χ4n) is 2.17. The lowest BCUT2D eigenvalue weighted by Gasteiger charge is -2.08. The summed E-state index contributed by atoms with van der Waals surface area (Å²) in [5.41, 5.74) is 5.97. The lowest BCUT2D eigenvalue weighted by molar-refractivity contribution is 1.47. The molecule has 0 nitrogen and oxygen atoms in total. The number of benzene rings is 1. The van der Waals surface area contributed by atoms with Gasteiger partial charge < -0.3 is 0 Å². The number of rotatable bonds is 6. The highest BCUT2D eigenvalue weighted by Crippen LogP contribution is 2.24. The second-order valence-electron chi connectivity index (χ2n) is 4.74. The summed E-state index contributed by atoms with van der Waals surface area (Å²) in [6.45, 7) is 21.7. The number of hydrogen-bond acceptors (Lipinski definition) is 0. The summed E-state index contributed by atoms with van der Waals surface area (Å²) in [5.74, 6) is 0. The van der Waals surface area contributed by atoms with Crippen molar-refractivity contribution in [3.8, 4) is 0 Å². The minimum atomic E-state index is 1.12. The average molecular weight is 337 g/mol. The van der Waals surface area contributed by atoms with Crippen molar-refractivity contribution in [2.24, 2.45) is 0 Å². The predicted molar refractivity (Wildman–Crippen MR) is 120 cm³/mol. The van der Waals surface area contributed by atoms with Crippen molar-refractivity contribution in [1.29, 1.82) is 0 Å². The van der Waals surface area contributed by atoms with Gasteiger partial charge in [-0.05, 0) is 54.7 Å². The molecule has 25 heavy (non-hydrogen) atoms. The second-order valence-corrected chi connectivity index (χ2v) is 4.74. The Labute approximate surface area is 156 Å². The third-order valence-corrected chi connectivity index (χ3v) is 3.32. The van der Waals surface area contributed by atoms with Crippen LogP contribution in [0.3, 0.4) is 0 Å². The molecule has 0 radical (unpaired) electrons. The third-order valence-electron chi connectivity index (χ3n) is 3.32. The van der Waals surface area contributed by atoms with E-state index in [0.717, 1.165) is 5.57 Å². The molecule has 136 valence electrons. The Kier molecular flexibility index (Phi) is 16.5. The monoisotopic (exact) mass is 336 g/mol. The zero-order valence-electron chi connectivity index (χ0n) is 17.3. The van der Waals surface area contributed by atoms with E-state index in [2.05, 4.69) is 69.5 Å². The summed E-state index contributed by atoms with van der Waals surface area (Å²) in [5, 5.41) is 0. The van der Waals surface area contributed by atoms with Crippen LogP contribution >= 0.6 is 0 Å². The van der Waals surface area contributed by atoms with Gasteiger partial charge in [0.05, 0.1) is 0 Å². The third kappa shape index (κ3) is 9.52. The van der Waals surface area contributed by atoms with Gasteiger partial charge in [-0.3, -0.25) is 0 Å². The van der Waals surface area contributed by atoms with Crippen LogP contribution in [-0.2, 0) is 0 Å². The molecule has 0 heterocycles. The quantitative estimate of drug-likeness (QED) is 0.457. The SMILES string of the molecule is C=C/C=C(C)/C(=C\C)c1cccc(/C=C/C(C=C)=C/C)c1.CC.CC. The molecule has 0 aliphatic rings. The lowest BCUT2D eigenvalue weighted by Crippen LogP contribution is -1.87. The maximum atomic E-state index is 3.80. The van der Waals surface area contributed by atoms with E-state index in [1.54, 1.807) is 0 Å². The van der Waals surface area contributed by atoms with Crippen LogP contribution in [0.2, 0.25) is 0 Å². The van der Waals surface area contributed by atoms with Crippen LogP contribution < -0.4 is 0 Å². The van der Waals surface area contributed by atoms with Crippen LogP contribution in [-0.4, -0.2) is 0 Å². The van der Waals surface area contributed by atoms with Crippen molar-refractivity contribution in [3.05, 3.63) is 96.2 Å². The van der Waals surface area contributed by atoms with E-state index in [1.165, 1.54) is 22.3 Å². The molecule has 0 unspecified atom stereocenters. The Morgan fingerprint density at radius 1 is 0.960 bits per heavy atom. The van der Waals surface area contributed by atoms with Gasteiger partial charge in [-0.2, -0.15) is 0 Å². The normalized spacial score (nSPS) is 11.9. The standard InChI is InChI=1S/C21H24.2C2H6/c1-6-11-17(5)21(9-4)20-13-10-12-19(16-20)15-14-18(7-2)8-3;2*1-2/h6-16H,1-2H2,3-5H3;2*1-2H3/b15-14+,17-11+,18-8+,21-9+;;. The Bertz CT molecular complexity index is 619. The van der Waals surface area contributed by atoms with Crippen LogP contribution in [0.25, 0.3) is 11.6 Å². The molecule has 0 saturated carbocycles. The molecule has 0 aliphatic heterocycles. The summed E-state index contributed by atoms with van der Waals surface area (Å²) in [6.07, 6.45) is 14.1. The van der Waals surface area contributed by atoms with E-state index in [1.807, 2.05) is 58.9 Å². The summed E-state index contributed by atoms with van der Waals surface area (Å²) >= 11 is 0. The van der Waals surface area contributed by atoms with E-state index < -0.39 is 0 Å². The smallest absolute Gasteiger partial charge is 0.0179 e. The van der Waals surface area contributed by atoms with Gasteiger partial charge in [-0.1, -0.05) is 102 Å². The average Bonchev–Trinajstić information content (AvgIpc) is 2.67. The van der Waals surface area contributed by atoms with Crippen LogP contribution in [0.15, 0.2) is 85.0 Å². The summed E-state index contributed by atoms with van der Waals surface area (Å²) in [4.78, 5) is 0. The van der Waals surface area contributed by atoms with Gasteiger partial charge in [-0.15, -0.1) is 0 Å². The van der Waals surface area contributed by atoms with Crippen LogP contribution in [0.1, 0.15) is 59.6 Å². The fourth-order valence-corrected chi connectivity index (χ4v) is 2.17. The molecule has 0 spiro atoms. The fraction of sp³-hybridized carbons (Fsp3) is 0.280. The molecular formula is C25H36. The molecular weight excluding hydrogens is 300 g/mol. The van der Waals surface area contributed by atoms with Crippen molar-refractivity contribution in [3.63, 3.8) is 0 Å². The van der Waals surface area contributed by atoms with Crippen molar-refractivity contribution >= 4 is 11.6 Å². The van der Waals surface area contributed by atoms with Crippen LogP contribution in [0.4, 0.5) is 0 Å². The molecule has 0 amide bonds. The van der Waals surface area contributed by atoms with Gasteiger partial charge in [0.25, 0.3) is 0 Å². The van der Waals surface area contributed by atoms with Crippen molar-refractivity contribution in [2.75, 3.05) is 0 Å². The van der Waals surface area contributed by atoms with E-state index in [0.29, 0.717) is 0 Å². The van der Waals surface area contributed by atoms with Gasteiger partial charge >= 0.3 is 0 Å². The molecule has 1 rings (SSSR count). The van der Waals surface area contributed by atoms with Gasteiger partial charge in [0.15, 0.2) is 0 Å². The minimum Gasteiger partial charge on any atom is -0.0991 e. The van der Waals surface area contributed by atoms with Crippen molar-refractivity contribution < 1.29 is 0 Å². The highest BCUT2D eigenvalue weighted by Gasteiger charge is 2.02. The first kappa shape index (κ1) is 24.9. The molecule has 0 fully saturated rings. The zero-order valence-corrected chi connectivity index (χ0v) is 17.3. The number of allylic oxidation sites excluding steroid dienone is 9.